The van der Waals surface area contributed by atoms with E-state index < -0.39 is 0 Å². The van der Waals surface area contributed by atoms with Crippen LogP contribution in [-0.4, -0.2) is 57.1 Å². The molecule has 0 radical (unpaired) electrons. The summed E-state index contributed by atoms with van der Waals surface area (Å²) in [5.41, 5.74) is 0. The highest BCUT2D eigenvalue weighted by Gasteiger charge is 2.37. The minimum absolute atomic E-state index is 0.0953. The molecule has 2 aliphatic heterocycles. The number of aromatic nitrogens is 2. The minimum Gasteiger partial charge on any atom is -0.343 e. The molecule has 2 saturated heterocycles. The Morgan fingerprint density at radius 2 is 2.13 bits per heavy atom. The Labute approximate surface area is 141 Å². The quantitative estimate of drug-likeness (QED) is 0.826. The molecule has 0 unspecified atom stereocenters. The number of amides is 2. The molecule has 2 aliphatic rings. The van der Waals surface area contributed by atoms with Crippen LogP contribution in [0, 0.1) is 5.92 Å². The maximum absolute atomic E-state index is 12.7. The Bertz CT molecular complexity index is 588. The maximum atomic E-state index is 12.7. The lowest BCUT2D eigenvalue weighted by Gasteiger charge is -2.42. The van der Waals surface area contributed by atoms with Crippen molar-refractivity contribution in [1.29, 1.82) is 0 Å². The zero-order valence-corrected chi connectivity index (χ0v) is 14.2. The smallest absolute Gasteiger partial charge is 0.244 e. The van der Waals surface area contributed by atoms with Gasteiger partial charge in [-0.1, -0.05) is 18.0 Å². The lowest BCUT2D eigenvalue weighted by molar-refractivity contribution is -0.138. The van der Waals surface area contributed by atoms with Crippen LogP contribution >= 0.6 is 11.6 Å². The van der Waals surface area contributed by atoms with Gasteiger partial charge in [-0.25, -0.2) is 0 Å². The first-order chi connectivity index (χ1) is 11.0. The summed E-state index contributed by atoms with van der Waals surface area (Å²) in [7, 11) is 0. The normalized spacial score (nSPS) is 25.0. The van der Waals surface area contributed by atoms with E-state index in [0.717, 1.165) is 45.3 Å². The van der Waals surface area contributed by atoms with Gasteiger partial charge in [0.2, 0.25) is 11.8 Å². The number of hydrogen-bond donors (Lipinski definition) is 0. The second kappa shape index (κ2) is 6.91. The Morgan fingerprint density at radius 3 is 2.83 bits per heavy atom. The summed E-state index contributed by atoms with van der Waals surface area (Å²) in [4.78, 5) is 28.3. The highest BCUT2D eigenvalue weighted by molar-refractivity contribution is 6.30. The monoisotopic (exact) mass is 338 g/mol. The summed E-state index contributed by atoms with van der Waals surface area (Å²) in [5.74, 6) is 0.620. The van der Waals surface area contributed by atoms with Crippen molar-refractivity contribution in [2.45, 2.75) is 45.2 Å². The number of nitrogens with zero attached hydrogens (tertiary/aromatic N) is 4. The number of hydrogen-bond acceptors (Lipinski definition) is 3. The van der Waals surface area contributed by atoms with Crippen LogP contribution in [0.1, 0.15) is 32.6 Å². The summed E-state index contributed by atoms with van der Waals surface area (Å²) >= 11 is 5.87. The van der Waals surface area contributed by atoms with Crippen LogP contribution in [0.15, 0.2) is 12.4 Å². The van der Waals surface area contributed by atoms with Gasteiger partial charge in [-0.2, -0.15) is 5.10 Å². The van der Waals surface area contributed by atoms with Crippen molar-refractivity contribution >= 4 is 23.4 Å². The van der Waals surface area contributed by atoms with E-state index in [1.807, 2.05) is 9.80 Å². The second-order valence-corrected chi connectivity index (χ2v) is 6.96. The van der Waals surface area contributed by atoms with E-state index in [1.54, 1.807) is 24.0 Å². The number of fused-ring (bicyclic) bond motifs is 1. The summed E-state index contributed by atoms with van der Waals surface area (Å²) in [6.45, 7) is 4.17. The van der Waals surface area contributed by atoms with Gasteiger partial charge in [-0.15, -0.1) is 0 Å². The zero-order valence-electron chi connectivity index (χ0n) is 13.4. The molecule has 126 valence electrons. The van der Waals surface area contributed by atoms with E-state index in [9.17, 15) is 9.59 Å². The van der Waals surface area contributed by atoms with Crippen molar-refractivity contribution in [2.75, 3.05) is 19.6 Å². The van der Waals surface area contributed by atoms with Crippen LogP contribution in [0.5, 0.6) is 0 Å². The molecule has 0 N–H and O–H groups in total. The molecule has 2 amide bonds. The van der Waals surface area contributed by atoms with Crippen LogP contribution in [-0.2, 0) is 16.1 Å². The van der Waals surface area contributed by atoms with E-state index in [1.165, 1.54) is 0 Å². The first-order valence-electron chi connectivity index (χ1n) is 8.27. The molecule has 23 heavy (non-hydrogen) atoms. The van der Waals surface area contributed by atoms with Gasteiger partial charge in [0.1, 0.15) is 6.54 Å². The van der Waals surface area contributed by atoms with Crippen molar-refractivity contribution in [2.24, 2.45) is 5.92 Å². The van der Waals surface area contributed by atoms with E-state index >= 15 is 0 Å². The highest BCUT2D eigenvalue weighted by Crippen LogP contribution is 2.30. The fourth-order valence-corrected chi connectivity index (χ4v) is 3.97. The largest absolute Gasteiger partial charge is 0.343 e. The average molecular weight is 339 g/mol. The van der Waals surface area contributed by atoms with Gasteiger partial charge in [-0.05, 0) is 25.2 Å². The van der Waals surface area contributed by atoms with Crippen LogP contribution < -0.4 is 0 Å². The molecule has 2 fully saturated rings. The third-order valence-electron chi connectivity index (χ3n) is 4.98. The standard InChI is InChI=1S/C16H23ClN4O2/c1-12(22)19-7-5-15-13(9-19)4-2-3-6-21(15)16(23)11-20-10-14(17)8-18-20/h8,10,13,15H,2-7,9,11H2,1H3/t13-,15+/m0/s1. The molecule has 2 atom stereocenters. The number of carbonyl (C=O) groups excluding carboxylic acids is 2. The Hall–Kier alpha value is -1.56. The van der Waals surface area contributed by atoms with E-state index in [0.29, 0.717) is 10.9 Å². The van der Waals surface area contributed by atoms with E-state index in [2.05, 4.69) is 5.10 Å². The molecular formula is C16H23ClN4O2. The topological polar surface area (TPSA) is 58.4 Å². The molecule has 0 aromatic carbocycles. The van der Waals surface area contributed by atoms with Crippen molar-refractivity contribution in [3.63, 3.8) is 0 Å². The van der Waals surface area contributed by atoms with E-state index in [4.69, 9.17) is 11.6 Å². The molecule has 0 saturated carbocycles. The number of rotatable bonds is 2. The molecular weight excluding hydrogens is 316 g/mol. The third kappa shape index (κ3) is 3.68. The van der Waals surface area contributed by atoms with Crippen LogP contribution in [0.2, 0.25) is 5.02 Å². The SMILES string of the molecule is CC(=O)N1CC[C@@H]2[C@@H](CCCCN2C(=O)Cn2cc(Cl)cn2)C1. The lowest BCUT2D eigenvalue weighted by atomic mass is 9.88. The Morgan fingerprint density at radius 1 is 1.30 bits per heavy atom. The molecule has 0 aliphatic carbocycles. The predicted octanol–water partition coefficient (Wildman–Crippen LogP) is 1.79. The molecule has 7 heteroatoms. The summed E-state index contributed by atoms with van der Waals surface area (Å²) in [6.07, 6.45) is 7.32. The first kappa shape index (κ1) is 16.3. The fraction of sp³-hybridized carbons (Fsp3) is 0.688. The van der Waals surface area contributed by atoms with Crippen LogP contribution in [0.4, 0.5) is 0 Å². The van der Waals surface area contributed by atoms with Gasteiger partial charge < -0.3 is 9.80 Å². The van der Waals surface area contributed by atoms with Gasteiger partial charge >= 0.3 is 0 Å². The number of carbonyl (C=O) groups is 2. The van der Waals surface area contributed by atoms with E-state index in [-0.39, 0.29) is 24.4 Å². The molecule has 6 nitrogen and oxygen atoms in total. The number of piperidine rings is 1. The molecule has 1 aromatic heterocycles. The van der Waals surface area contributed by atoms with Gasteiger partial charge in [-0.3, -0.25) is 14.3 Å². The summed E-state index contributed by atoms with van der Waals surface area (Å²) in [5, 5.41) is 4.64. The molecule has 3 heterocycles. The van der Waals surface area contributed by atoms with Gasteiger partial charge in [0.05, 0.1) is 11.2 Å². The van der Waals surface area contributed by atoms with Gasteiger partial charge in [0.15, 0.2) is 0 Å². The van der Waals surface area contributed by atoms with Crippen molar-refractivity contribution < 1.29 is 9.59 Å². The summed E-state index contributed by atoms with van der Waals surface area (Å²) in [6, 6.07) is 0.242. The number of likely N-dealkylation sites (tertiary alicyclic amines) is 2. The zero-order chi connectivity index (χ0) is 16.4. The second-order valence-electron chi connectivity index (χ2n) is 6.52. The van der Waals surface area contributed by atoms with Gasteiger partial charge in [0.25, 0.3) is 0 Å². The lowest BCUT2D eigenvalue weighted by Crippen LogP contribution is -2.53. The molecule has 3 rings (SSSR count). The van der Waals surface area contributed by atoms with Crippen molar-refractivity contribution in [1.82, 2.24) is 19.6 Å². The Kier molecular flexibility index (Phi) is 4.90. The first-order valence-corrected chi connectivity index (χ1v) is 8.65. The van der Waals surface area contributed by atoms with Crippen LogP contribution in [0.25, 0.3) is 0 Å². The highest BCUT2D eigenvalue weighted by atomic mass is 35.5. The summed E-state index contributed by atoms with van der Waals surface area (Å²) < 4.78 is 1.59. The average Bonchev–Trinajstić information content (AvgIpc) is 2.81. The van der Waals surface area contributed by atoms with Gasteiger partial charge in [0, 0.05) is 38.8 Å². The molecule has 0 spiro atoms. The minimum atomic E-state index is 0.0953. The van der Waals surface area contributed by atoms with Crippen molar-refractivity contribution in [3.05, 3.63) is 17.4 Å². The number of halogens is 1. The van der Waals surface area contributed by atoms with Crippen LogP contribution in [0.3, 0.4) is 0 Å². The molecule has 1 aromatic rings. The third-order valence-corrected chi connectivity index (χ3v) is 5.18. The maximum Gasteiger partial charge on any atom is 0.244 e. The predicted molar refractivity (Wildman–Crippen MR) is 87.0 cm³/mol. The Balaban J connectivity index is 1.70. The fourth-order valence-electron chi connectivity index (χ4n) is 3.82. The van der Waals surface area contributed by atoms with Crippen molar-refractivity contribution in [3.8, 4) is 0 Å². The molecule has 0 bridgehead atoms.